The summed E-state index contributed by atoms with van der Waals surface area (Å²) in [6.45, 7) is 0.309. The summed E-state index contributed by atoms with van der Waals surface area (Å²) in [4.78, 5) is 16.3. The van der Waals surface area contributed by atoms with Crippen LogP contribution in [0.4, 0.5) is 9.18 Å². The molecule has 0 saturated carbocycles. The van der Waals surface area contributed by atoms with Gasteiger partial charge in [0.25, 0.3) is 0 Å². The lowest BCUT2D eigenvalue weighted by molar-refractivity contribution is 0.242. The molecule has 2 atom stereocenters. The van der Waals surface area contributed by atoms with Gasteiger partial charge in [-0.3, -0.25) is 0 Å². The minimum absolute atomic E-state index is 0.145. The van der Waals surface area contributed by atoms with E-state index in [-0.39, 0.29) is 23.8 Å². The molecule has 2 unspecified atom stereocenters. The summed E-state index contributed by atoms with van der Waals surface area (Å²) >= 11 is 0. The Morgan fingerprint density at radius 2 is 2.35 bits per heavy atom. The number of hydrogen-bond acceptors (Lipinski definition) is 3. The number of rotatable bonds is 3. The van der Waals surface area contributed by atoms with Crippen LogP contribution in [0.2, 0.25) is 0 Å². The molecule has 0 radical (unpaired) electrons. The SMILES string of the molecule is N#CC1C=CC(NC(=O)NCC2c3cc(F)ccc3-c3cncn32)=CC1. The summed E-state index contributed by atoms with van der Waals surface area (Å²) in [5.74, 6) is -0.449. The van der Waals surface area contributed by atoms with Crippen LogP contribution in [-0.4, -0.2) is 22.1 Å². The Balaban J connectivity index is 1.43. The molecule has 0 fully saturated rings. The molecule has 6 nitrogen and oxygen atoms in total. The van der Waals surface area contributed by atoms with Crippen molar-refractivity contribution in [2.45, 2.75) is 12.5 Å². The second-order valence-electron chi connectivity index (χ2n) is 6.26. The summed E-state index contributed by atoms with van der Waals surface area (Å²) in [5.41, 5.74) is 3.33. The number of allylic oxidation sites excluding steroid dienone is 3. The maximum atomic E-state index is 13.7. The largest absolute Gasteiger partial charge is 0.335 e. The molecule has 1 aromatic carbocycles. The molecule has 0 saturated heterocycles. The molecule has 2 N–H and O–H groups in total. The molecule has 7 heteroatoms. The number of imidazole rings is 1. The van der Waals surface area contributed by atoms with Gasteiger partial charge in [0.1, 0.15) is 5.82 Å². The van der Waals surface area contributed by atoms with Crippen molar-refractivity contribution in [1.82, 2.24) is 20.2 Å². The Morgan fingerprint density at radius 3 is 3.12 bits per heavy atom. The van der Waals surface area contributed by atoms with Gasteiger partial charge in [0.15, 0.2) is 0 Å². The highest BCUT2D eigenvalue weighted by molar-refractivity contribution is 5.77. The van der Waals surface area contributed by atoms with Crippen molar-refractivity contribution >= 4 is 6.03 Å². The van der Waals surface area contributed by atoms with Crippen molar-refractivity contribution in [3.8, 4) is 17.3 Å². The Kier molecular flexibility index (Phi) is 4.01. The lowest BCUT2D eigenvalue weighted by Gasteiger charge is -2.17. The molecule has 1 aromatic heterocycles. The molecule has 0 spiro atoms. The molecule has 2 aromatic rings. The van der Waals surface area contributed by atoms with Crippen LogP contribution < -0.4 is 10.6 Å². The Bertz CT molecular complexity index is 969. The zero-order valence-corrected chi connectivity index (χ0v) is 13.8. The van der Waals surface area contributed by atoms with Crippen molar-refractivity contribution in [2.24, 2.45) is 5.92 Å². The zero-order valence-electron chi connectivity index (χ0n) is 13.8. The Labute approximate surface area is 149 Å². The van der Waals surface area contributed by atoms with Gasteiger partial charge in [-0.05, 0) is 36.3 Å². The highest BCUT2D eigenvalue weighted by Gasteiger charge is 2.29. The number of nitrogens with one attached hydrogen (secondary N) is 2. The van der Waals surface area contributed by atoms with Gasteiger partial charge in [-0.2, -0.15) is 5.26 Å². The summed E-state index contributed by atoms with van der Waals surface area (Å²) in [5, 5.41) is 14.4. The van der Waals surface area contributed by atoms with Crippen molar-refractivity contribution in [3.63, 3.8) is 0 Å². The first-order valence-corrected chi connectivity index (χ1v) is 8.30. The van der Waals surface area contributed by atoms with Crippen LogP contribution in [-0.2, 0) is 0 Å². The van der Waals surface area contributed by atoms with Gasteiger partial charge in [0.05, 0.1) is 36.2 Å². The summed E-state index contributed by atoms with van der Waals surface area (Å²) in [6.07, 6.45) is 9.32. The van der Waals surface area contributed by atoms with Gasteiger partial charge in [0, 0.05) is 17.8 Å². The van der Waals surface area contributed by atoms with E-state index in [1.165, 1.54) is 12.1 Å². The molecule has 1 aliphatic carbocycles. The van der Waals surface area contributed by atoms with Crippen LogP contribution in [0.15, 0.2) is 54.6 Å². The number of halogens is 1. The number of aromatic nitrogens is 2. The summed E-state index contributed by atoms with van der Waals surface area (Å²) in [6, 6.07) is 6.28. The minimum atomic E-state index is -0.345. The van der Waals surface area contributed by atoms with E-state index in [0.717, 1.165) is 16.8 Å². The number of urea groups is 1. The monoisotopic (exact) mass is 349 g/mol. The third-order valence-corrected chi connectivity index (χ3v) is 4.63. The van der Waals surface area contributed by atoms with Crippen LogP contribution in [0.5, 0.6) is 0 Å². The quantitative estimate of drug-likeness (QED) is 0.894. The number of fused-ring (bicyclic) bond motifs is 3. The van der Waals surface area contributed by atoms with Gasteiger partial charge in [-0.1, -0.05) is 12.2 Å². The highest BCUT2D eigenvalue weighted by atomic mass is 19.1. The van der Waals surface area contributed by atoms with E-state index >= 15 is 0 Å². The highest BCUT2D eigenvalue weighted by Crippen LogP contribution is 2.39. The number of carbonyl (C=O) groups is 1. The lowest BCUT2D eigenvalue weighted by atomic mass is 10.0. The number of nitrogens with zero attached hydrogens (tertiary/aromatic N) is 3. The van der Waals surface area contributed by atoms with Gasteiger partial charge >= 0.3 is 6.03 Å². The topological polar surface area (TPSA) is 82.7 Å². The van der Waals surface area contributed by atoms with Gasteiger partial charge < -0.3 is 15.2 Å². The number of carbonyl (C=O) groups excluding carboxylic acids is 1. The fraction of sp³-hybridized carbons (Fsp3) is 0.211. The predicted octanol–water partition coefficient (Wildman–Crippen LogP) is 2.87. The fourth-order valence-electron chi connectivity index (χ4n) is 3.34. The maximum absolute atomic E-state index is 13.7. The Hall–Kier alpha value is -3.40. The fourth-order valence-corrected chi connectivity index (χ4v) is 3.34. The average molecular weight is 349 g/mol. The van der Waals surface area contributed by atoms with E-state index in [0.29, 0.717) is 18.7 Å². The number of benzene rings is 1. The van der Waals surface area contributed by atoms with Gasteiger partial charge in [0.2, 0.25) is 0 Å². The Morgan fingerprint density at radius 1 is 1.46 bits per heavy atom. The van der Waals surface area contributed by atoms with Gasteiger partial charge in [-0.25, -0.2) is 14.2 Å². The molecule has 0 bridgehead atoms. The third-order valence-electron chi connectivity index (χ3n) is 4.63. The van der Waals surface area contributed by atoms with Crippen molar-refractivity contribution in [3.05, 3.63) is 66.0 Å². The molecule has 2 amide bonds. The van der Waals surface area contributed by atoms with E-state index in [4.69, 9.17) is 5.26 Å². The first-order chi connectivity index (χ1) is 12.7. The number of hydrogen-bond donors (Lipinski definition) is 2. The molecule has 1 aliphatic heterocycles. The molecule has 26 heavy (non-hydrogen) atoms. The number of nitriles is 1. The molecular weight excluding hydrogens is 333 g/mol. The van der Waals surface area contributed by atoms with Crippen LogP contribution in [0.25, 0.3) is 11.3 Å². The van der Waals surface area contributed by atoms with Crippen LogP contribution in [0.3, 0.4) is 0 Å². The van der Waals surface area contributed by atoms with Crippen molar-refractivity contribution in [2.75, 3.05) is 6.54 Å². The first kappa shape index (κ1) is 16.1. The first-order valence-electron chi connectivity index (χ1n) is 8.30. The van der Waals surface area contributed by atoms with Crippen LogP contribution in [0.1, 0.15) is 18.0 Å². The van der Waals surface area contributed by atoms with Crippen LogP contribution >= 0.6 is 0 Å². The van der Waals surface area contributed by atoms with E-state index in [9.17, 15) is 9.18 Å². The normalized spacial score (nSPS) is 19.9. The molecule has 2 aliphatic rings. The van der Waals surface area contributed by atoms with E-state index in [1.54, 1.807) is 30.7 Å². The second-order valence-corrected chi connectivity index (χ2v) is 6.26. The zero-order chi connectivity index (χ0) is 18.1. The smallest absolute Gasteiger partial charge is 0.319 e. The standard InChI is InChI=1S/C19H16FN5O/c20-13-3-6-15-16(7-13)18(25-11-22-9-17(15)25)10-23-19(26)24-14-4-1-12(8-21)2-5-14/h1,3-7,9,11-12,18H,2,10H2,(H2,23,24,26). The minimum Gasteiger partial charge on any atom is -0.335 e. The second kappa shape index (κ2) is 6.48. The van der Waals surface area contributed by atoms with E-state index < -0.39 is 0 Å². The third kappa shape index (κ3) is 2.86. The molecule has 2 heterocycles. The maximum Gasteiger partial charge on any atom is 0.319 e. The lowest BCUT2D eigenvalue weighted by Crippen LogP contribution is -2.38. The number of amides is 2. The summed E-state index contributed by atoms with van der Waals surface area (Å²) < 4.78 is 15.6. The predicted molar refractivity (Wildman–Crippen MR) is 93.2 cm³/mol. The van der Waals surface area contributed by atoms with E-state index in [2.05, 4.69) is 21.7 Å². The van der Waals surface area contributed by atoms with Gasteiger partial charge in [-0.15, -0.1) is 0 Å². The van der Waals surface area contributed by atoms with Crippen molar-refractivity contribution < 1.29 is 9.18 Å². The molecule has 4 rings (SSSR count). The van der Waals surface area contributed by atoms with Crippen molar-refractivity contribution in [1.29, 1.82) is 5.26 Å². The summed E-state index contributed by atoms with van der Waals surface area (Å²) in [7, 11) is 0. The molecular formula is C19H16FN5O. The van der Waals surface area contributed by atoms with E-state index in [1.807, 2.05) is 10.6 Å². The van der Waals surface area contributed by atoms with Crippen LogP contribution in [0, 0.1) is 23.1 Å². The molecule has 130 valence electrons. The average Bonchev–Trinajstić information content (AvgIpc) is 3.21.